The fourth-order valence-corrected chi connectivity index (χ4v) is 7.44. The Labute approximate surface area is 200 Å². The van der Waals surface area contributed by atoms with Gasteiger partial charge < -0.3 is 5.32 Å². The van der Waals surface area contributed by atoms with E-state index in [1.807, 2.05) is 17.9 Å². The summed E-state index contributed by atoms with van der Waals surface area (Å²) in [5, 5.41) is 3.08. The molecule has 1 saturated heterocycles. The summed E-state index contributed by atoms with van der Waals surface area (Å²) < 4.78 is 80.5. The maximum absolute atomic E-state index is 13.2. The summed E-state index contributed by atoms with van der Waals surface area (Å²) in [6.45, 7) is 3.40. The van der Waals surface area contributed by atoms with Gasteiger partial charge in [0.2, 0.25) is 10.0 Å². The third kappa shape index (κ3) is 5.18. The number of hydrogen-bond acceptors (Lipinski definition) is 8. The molecule has 1 N–H and O–H groups in total. The average Bonchev–Trinajstić information content (AvgIpc) is 2.99. The van der Waals surface area contributed by atoms with Gasteiger partial charge in [-0.1, -0.05) is 12.1 Å². The third-order valence-electron chi connectivity index (χ3n) is 5.72. The molecule has 0 spiro atoms. The van der Waals surface area contributed by atoms with Crippen LogP contribution in [0.1, 0.15) is 12.0 Å². The number of nitrogens with zero attached hydrogens (tertiary/aromatic N) is 3. The minimum atomic E-state index is -3.89. The number of anilines is 1. The molecular weight excluding hydrogens is 500 g/mol. The lowest BCUT2D eigenvalue weighted by molar-refractivity contribution is 0.324. The molecule has 0 aromatic heterocycles. The van der Waals surface area contributed by atoms with Gasteiger partial charge in [-0.25, -0.2) is 16.8 Å². The maximum Gasteiger partial charge on any atom is 0.286 e. The molecule has 4 rings (SSSR count). The first-order valence-corrected chi connectivity index (χ1v) is 15.4. The molecule has 0 saturated carbocycles. The smallest absolute Gasteiger partial charge is 0.286 e. The van der Waals surface area contributed by atoms with Gasteiger partial charge in [-0.15, -0.1) is 4.40 Å². The molecule has 0 unspecified atom stereocenters. The molecule has 184 valence electrons. The van der Waals surface area contributed by atoms with Crippen LogP contribution in [-0.4, -0.2) is 79.3 Å². The first-order valence-electron chi connectivity index (χ1n) is 10.6. The molecule has 0 radical (unpaired) electrons. The molecule has 13 heteroatoms. The van der Waals surface area contributed by atoms with E-state index in [1.54, 1.807) is 12.1 Å². The van der Waals surface area contributed by atoms with Gasteiger partial charge in [0.15, 0.2) is 9.84 Å². The van der Waals surface area contributed by atoms with Crippen molar-refractivity contribution in [1.29, 1.82) is 0 Å². The standard InChI is InChI=1S/C21H26N4O6S3/c1-16-7-8-19-20(13-16)33(28,29)23-21(22-19)15-24-9-4-10-25(12-11-24)34(30,31)18-6-3-5-17(14-18)32(2,26)27/h3,5-8,13-14H,4,9-12,15H2,1-2H3,(H,22,23). The van der Waals surface area contributed by atoms with E-state index >= 15 is 0 Å². The second-order valence-electron chi connectivity index (χ2n) is 8.42. The number of aryl methyl sites for hydroxylation is 1. The number of rotatable bonds is 5. The monoisotopic (exact) mass is 526 g/mol. The summed E-state index contributed by atoms with van der Waals surface area (Å²) in [7, 11) is -11.2. The number of amidine groups is 1. The lowest BCUT2D eigenvalue weighted by Crippen LogP contribution is -2.39. The maximum atomic E-state index is 13.2. The molecule has 1 fully saturated rings. The highest BCUT2D eigenvalue weighted by molar-refractivity contribution is 7.91. The SMILES string of the molecule is Cc1ccc2c(c1)S(=O)(=O)N=C(CN1CCCN(S(=O)(=O)c3cccc(S(C)(=O)=O)c3)CC1)N2. The predicted octanol–water partition coefficient (Wildman–Crippen LogP) is 1.31. The van der Waals surface area contributed by atoms with Crippen molar-refractivity contribution < 1.29 is 25.3 Å². The van der Waals surface area contributed by atoms with Crippen molar-refractivity contribution in [3.63, 3.8) is 0 Å². The van der Waals surface area contributed by atoms with Gasteiger partial charge in [0.1, 0.15) is 10.7 Å². The molecule has 0 amide bonds. The van der Waals surface area contributed by atoms with Crippen LogP contribution in [0, 0.1) is 6.92 Å². The van der Waals surface area contributed by atoms with Gasteiger partial charge in [0, 0.05) is 25.9 Å². The van der Waals surface area contributed by atoms with Gasteiger partial charge in [-0.05, 0) is 55.8 Å². The summed E-state index contributed by atoms with van der Waals surface area (Å²) in [4.78, 5) is 1.96. The molecule has 2 aliphatic rings. The van der Waals surface area contributed by atoms with E-state index in [9.17, 15) is 25.3 Å². The van der Waals surface area contributed by atoms with Crippen LogP contribution in [0.15, 0.2) is 61.5 Å². The Balaban J connectivity index is 1.48. The van der Waals surface area contributed by atoms with Crippen molar-refractivity contribution in [2.24, 2.45) is 4.40 Å². The van der Waals surface area contributed by atoms with E-state index in [1.165, 1.54) is 28.6 Å². The zero-order chi connectivity index (χ0) is 24.7. The summed E-state index contributed by atoms with van der Waals surface area (Å²) in [5.74, 6) is 0.286. The first-order chi connectivity index (χ1) is 15.9. The van der Waals surface area contributed by atoms with Gasteiger partial charge in [0.05, 0.1) is 22.0 Å². The van der Waals surface area contributed by atoms with Crippen molar-refractivity contribution in [1.82, 2.24) is 9.21 Å². The van der Waals surface area contributed by atoms with Crippen LogP contribution in [0.5, 0.6) is 0 Å². The van der Waals surface area contributed by atoms with Crippen LogP contribution in [0.25, 0.3) is 0 Å². The Kier molecular flexibility index (Phi) is 6.59. The number of hydrogen-bond donors (Lipinski definition) is 1. The van der Waals surface area contributed by atoms with Gasteiger partial charge in [0.25, 0.3) is 10.0 Å². The fourth-order valence-electron chi connectivity index (χ4n) is 3.96. The highest BCUT2D eigenvalue weighted by Gasteiger charge is 2.30. The Morgan fingerprint density at radius 1 is 0.971 bits per heavy atom. The molecule has 0 bridgehead atoms. The first kappa shape index (κ1) is 24.8. The van der Waals surface area contributed by atoms with E-state index in [2.05, 4.69) is 9.71 Å². The van der Waals surface area contributed by atoms with Crippen LogP contribution in [-0.2, 0) is 29.9 Å². The van der Waals surface area contributed by atoms with E-state index < -0.39 is 29.9 Å². The normalized spacial score (nSPS) is 19.5. The van der Waals surface area contributed by atoms with E-state index in [0.717, 1.165) is 11.8 Å². The third-order valence-corrected chi connectivity index (χ3v) is 10.1. The second kappa shape index (κ2) is 9.04. The van der Waals surface area contributed by atoms with Crippen LogP contribution < -0.4 is 5.32 Å². The molecule has 2 aromatic rings. The van der Waals surface area contributed by atoms with Crippen LogP contribution in [0.4, 0.5) is 5.69 Å². The summed E-state index contributed by atoms with van der Waals surface area (Å²) in [5.41, 5.74) is 1.29. The molecule has 0 atom stereocenters. The number of benzene rings is 2. The lowest BCUT2D eigenvalue weighted by atomic mass is 10.2. The van der Waals surface area contributed by atoms with Crippen LogP contribution in [0.2, 0.25) is 0 Å². The lowest BCUT2D eigenvalue weighted by Gasteiger charge is -2.25. The highest BCUT2D eigenvalue weighted by atomic mass is 32.2. The molecule has 2 aliphatic heterocycles. The number of sulfonamides is 2. The van der Waals surface area contributed by atoms with E-state index in [4.69, 9.17) is 0 Å². The highest BCUT2D eigenvalue weighted by Crippen LogP contribution is 2.28. The van der Waals surface area contributed by atoms with Crippen molar-refractivity contribution in [3.8, 4) is 0 Å². The molecule has 2 heterocycles. The minimum absolute atomic E-state index is 0.0527. The van der Waals surface area contributed by atoms with Gasteiger partial charge in [-0.3, -0.25) is 4.90 Å². The summed E-state index contributed by atoms with van der Waals surface area (Å²) in [6, 6.07) is 10.4. The average molecular weight is 527 g/mol. The van der Waals surface area contributed by atoms with Crippen molar-refractivity contribution >= 4 is 41.4 Å². The molecule has 10 nitrogen and oxygen atoms in total. The fraction of sp³-hybridized carbons (Fsp3) is 0.381. The molecular formula is C21H26N4O6S3. The topological polar surface area (TPSA) is 133 Å². The van der Waals surface area contributed by atoms with E-state index in [0.29, 0.717) is 25.2 Å². The number of sulfone groups is 1. The quantitative estimate of drug-likeness (QED) is 0.617. The van der Waals surface area contributed by atoms with Crippen LogP contribution in [0.3, 0.4) is 0 Å². The van der Waals surface area contributed by atoms with Crippen molar-refractivity contribution in [3.05, 3.63) is 48.0 Å². The van der Waals surface area contributed by atoms with Gasteiger partial charge >= 0.3 is 0 Å². The second-order valence-corrected chi connectivity index (χ2v) is 13.9. The Morgan fingerprint density at radius 2 is 1.71 bits per heavy atom. The Morgan fingerprint density at radius 3 is 2.44 bits per heavy atom. The predicted molar refractivity (Wildman–Crippen MR) is 129 cm³/mol. The van der Waals surface area contributed by atoms with E-state index in [-0.39, 0.29) is 40.2 Å². The zero-order valence-corrected chi connectivity index (χ0v) is 21.2. The van der Waals surface area contributed by atoms with Crippen molar-refractivity contribution in [2.45, 2.75) is 28.0 Å². The summed E-state index contributed by atoms with van der Waals surface area (Å²) >= 11 is 0. The largest absolute Gasteiger partial charge is 0.341 e. The number of fused-ring (bicyclic) bond motifs is 1. The molecule has 2 aromatic carbocycles. The minimum Gasteiger partial charge on any atom is -0.341 e. The molecule has 0 aliphatic carbocycles. The molecule has 34 heavy (non-hydrogen) atoms. The Hall–Kier alpha value is -2.32. The van der Waals surface area contributed by atoms with Crippen LogP contribution >= 0.6 is 0 Å². The zero-order valence-electron chi connectivity index (χ0n) is 18.8. The number of nitrogens with one attached hydrogen (secondary N) is 1. The van der Waals surface area contributed by atoms with Gasteiger partial charge in [-0.2, -0.15) is 12.7 Å². The Bertz CT molecular complexity index is 1470. The van der Waals surface area contributed by atoms with Crippen molar-refractivity contribution in [2.75, 3.05) is 44.3 Å². The summed E-state index contributed by atoms with van der Waals surface area (Å²) in [6.07, 6.45) is 1.56.